The molecular weight excluding hydrogens is 212 g/mol. The van der Waals surface area contributed by atoms with E-state index in [-0.39, 0.29) is 11.3 Å². The van der Waals surface area contributed by atoms with Gasteiger partial charge < -0.3 is 4.90 Å². The van der Waals surface area contributed by atoms with Crippen LogP contribution < -0.4 is 0 Å². The number of hydrogen-bond acceptors (Lipinski definition) is 2. The van der Waals surface area contributed by atoms with Crippen molar-refractivity contribution in [2.75, 3.05) is 26.2 Å². The summed E-state index contributed by atoms with van der Waals surface area (Å²) in [5.41, 5.74) is 0. The maximum atomic E-state index is 11.8. The first-order valence-corrected chi connectivity index (χ1v) is 6.33. The number of rotatable bonds is 3. The Kier molecular flexibility index (Phi) is 3.52. The highest BCUT2D eigenvalue weighted by Gasteiger charge is 2.33. The first-order chi connectivity index (χ1) is 7.22. The van der Waals surface area contributed by atoms with Crippen molar-refractivity contribution in [1.82, 2.24) is 9.80 Å². The van der Waals surface area contributed by atoms with Crippen LogP contribution in [0.5, 0.6) is 0 Å². The first kappa shape index (κ1) is 11.2. The van der Waals surface area contributed by atoms with E-state index in [1.54, 1.807) is 0 Å². The van der Waals surface area contributed by atoms with Crippen molar-refractivity contribution in [1.29, 1.82) is 0 Å². The Bertz CT molecular complexity index is 235. The van der Waals surface area contributed by atoms with Gasteiger partial charge in [0.1, 0.15) is 5.38 Å². The molecule has 0 radical (unpaired) electrons. The lowest BCUT2D eigenvalue weighted by Crippen LogP contribution is -2.51. The van der Waals surface area contributed by atoms with E-state index in [0.717, 1.165) is 38.6 Å². The number of piperazine rings is 1. The molecule has 2 fully saturated rings. The fraction of sp³-hybridized carbons (Fsp3) is 0.909. The molecule has 0 spiro atoms. The molecule has 0 unspecified atom stereocenters. The molecule has 1 saturated heterocycles. The van der Waals surface area contributed by atoms with Gasteiger partial charge in [-0.25, -0.2) is 0 Å². The minimum atomic E-state index is -0.322. The first-order valence-electron chi connectivity index (χ1n) is 5.89. The van der Waals surface area contributed by atoms with Crippen LogP contribution in [0.15, 0.2) is 0 Å². The molecule has 86 valence electrons. The topological polar surface area (TPSA) is 23.6 Å². The Labute approximate surface area is 96.4 Å². The van der Waals surface area contributed by atoms with Crippen molar-refractivity contribution < 1.29 is 4.79 Å². The van der Waals surface area contributed by atoms with Crippen molar-refractivity contribution in [3.05, 3.63) is 0 Å². The zero-order valence-corrected chi connectivity index (χ0v) is 10.0. The summed E-state index contributed by atoms with van der Waals surface area (Å²) in [6, 6.07) is 0.820. The molecule has 1 atom stereocenters. The van der Waals surface area contributed by atoms with E-state index in [2.05, 4.69) is 4.90 Å². The van der Waals surface area contributed by atoms with Gasteiger partial charge in [0.2, 0.25) is 5.91 Å². The van der Waals surface area contributed by atoms with Crippen LogP contribution >= 0.6 is 11.6 Å². The predicted molar refractivity (Wildman–Crippen MR) is 61.1 cm³/mol. The Balaban J connectivity index is 1.79. The molecule has 1 saturated carbocycles. The van der Waals surface area contributed by atoms with Gasteiger partial charge in [0.15, 0.2) is 0 Å². The van der Waals surface area contributed by atoms with Crippen LogP contribution in [0.3, 0.4) is 0 Å². The zero-order valence-electron chi connectivity index (χ0n) is 9.29. The molecule has 0 N–H and O–H groups in total. The van der Waals surface area contributed by atoms with Gasteiger partial charge in [-0.05, 0) is 19.3 Å². The summed E-state index contributed by atoms with van der Waals surface area (Å²) in [4.78, 5) is 16.2. The summed E-state index contributed by atoms with van der Waals surface area (Å²) in [5, 5.41) is -0.322. The largest absolute Gasteiger partial charge is 0.339 e. The highest BCUT2D eigenvalue weighted by Crippen LogP contribution is 2.27. The molecule has 3 nitrogen and oxygen atoms in total. The van der Waals surface area contributed by atoms with Crippen molar-refractivity contribution >= 4 is 17.5 Å². The molecule has 4 heteroatoms. The van der Waals surface area contributed by atoms with Crippen molar-refractivity contribution in [2.24, 2.45) is 0 Å². The summed E-state index contributed by atoms with van der Waals surface area (Å²) in [6.07, 6.45) is 3.42. The molecule has 15 heavy (non-hydrogen) atoms. The Morgan fingerprint density at radius 1 is 1.33 bits per heavy atom. The lowest BCUT2D eigenvalue weighted by atomic mass is 10.2. The van der Waals surface area contributed by atoms with Crippen LogP contribution in [0.1, 0.15) is 26.2 Å². The number of alkyl halides is 1. The smallest absolute Gasteiger partial charge is 0.240 e. The van der Waals surface area contributed by atoms with Crippen molar-refractivity contribution in [3.63, 3.8) is 0 Å². The number of amides is 1. The van der Waals surface area contributed by atoms with Gasteiger partial charge in [-0.1, -0.05) is 6.92 Å². The van der Waals surface area contributed by atoms with Gasteiger partial charge in [0, 0.05) is 32.2 Å². The summed E-state index contributed by atoms with van der Waals surface area (Å²) in [7, 11) is 0. The molecule has 2 rings (SSSR count). The Morgan fingerprint density at radius 3 is 2.40 bits per heavy atom. The lowest BCUT2D eigenvalue weighted by Gasteiger charge is -2.35. The third-order valence-corrected chi connectivity index (χ3v) is 3.81. The van der Waals surface area contributed by atoms with Crippen molar-refractivity contribution in [3.8, 4) is 0 Å². The van der Waals surface area contributed by atoms with Gasteiger partial charge in [-0.15, -0.1) is 11.6 Å². The third kappa shape index (κ3) is 2.64. The van der Waals surface area contributed by atoms with Crippen molar-refractivity contribution in [2.45, 2.75) is 37.6 Å². The highest BCUT2D eigenvalue weighted by atomic mass is 35.5. The summed E-state index contributed by atoms with van der Waals surface area (Å²) >= 11 is 5.96. The minimum Gasteiger partial charge on any atom is -0.339 e. The fourth-order valence-electron chi connectivity index (χ4n) is 2.12. The maximum absolute atomic E-state index is 11.8. The molecular formula is C11H19ClN2O. The second-order valence-corrected chi connectivity index (χ2v) is 5.00. The van der Waals surface area contributed by atoms with Crippen LogP contribution in [-0.4, -0.2) is 53.3 Å². The Hall–Kier alpha value is -0.280. The van der Waals surface area contributed by atoms with Crippen LogP contribution in [0.4, 0.5) is 0 Å². The summed E-state index contributed by atoms with van der Waals surface area (Å²) in [5.74, 6) is 0.120. The van der Waals surface area contributed by atoms with E-state index in [4.69, 9.17) is 11.6 Å². The molecule has 1 heterocycles. The van der Waals surface area contributed by atoms with E-state index < -0.39 is 0 Å². The maximum Gasteiger partial charge on any atom is 0.240 e. The fourth-order valence-corrected chi connectivity index (χ4v) is 2.26. The van der Waals surface area contributed by atoms with E-state index in [1.165, 1.54) is 12.8 Å². The SMILES string of the molecule is CC[C@@H](Cl)C(=O)N1CCN(C2CC2)CC1. The molecule has 0 aromatic rings. The van der Waals surface area contributed by atoms with Gasteiger partial charge in [-0.3, -0.25) is 9.69 Å². The van der Waals surface area contributed by atoms with Gasteiger partial charge in [-0.2, -0.15) is 0 Å². The monoisotopic (exact) mass is 230 g/mol. The van der Waals surface area contributed by atoms with Crippen LogP contribution in [0, 0.1) is 0 Å². The summed E-state index contributed by atoms with van der Waals surface area (Å²) in [6.45, 7) is 5.74. The van der Waals surface area contributed by atoms with E-state index >= 15 is 0 Å². The van der Waals surface area contributed by atoms with Crippen LogP contribution in [-0.2, 0) is 4.79 Å². The number of halogens is 1. The summed E-state index contributed by atoms with van der Waals surface area (Å²) < 4.78 is 0. The number of carbonyl (C=O) groups excluding carboxylic acids is 1. The predicted octanol–water partition coefficient (Wildman–Crippen LogP) is 1.31. The third-order valence-electron chi connectivity index (χ3n) is 3.32. The molecule has 2 aliphatic rings. The number of nitrogens with zero attached hydrogens (tertiary/aromatic N) is 2. The number of carbonyl (C=O) groups is 1. The Morgan fingerprint density at radius 2 is 1.93 bits per heavy atom. The standard InChI is InChI=1S/C11H19ClN2O/c1-2-10(12)11(15)14-7-5-13(6-8-14)9-3-4-9/h9-10H,2-8H2,1H3/t10-/m1/s1. The van der Waals surface area contributed by atoms with Gasteiger partial charge in [0.25, 0.3) is 0 Å². The lowest BCUT2D eigenvalue weighted by molar-refractivity contribution is -0.132. The van der Waals surface area contributed by atoms with Crippen LogP contribution in [0.25, 0.3) is 0 Å². The molecule has 0 aromatic heterocycles. The highest BCUT2D eigenvalue weighted by molar-refractivity contribution is 6.30. The van der Waals surface area contributed by atoms with Gasteiger partial charge in [0.05, 0.1) is 0 Å². The molecule has 1 aliphatic carbocycles. The second-order valence-electron chi connectivity index (χ2n) is 4.47. The minimum absolute atomic E-state index is 0.120. The molecule has 1 amide bonds. The van der Waals surface area contributed by atoms with Crippen LogP contribution in [0.2, 0.25) is 0 Å². The molecule has 0 bridgehead atoms. The second kappa shape index (κ2) is 4.71. The molecule has 1 aliphatic heterocycles. The quantitative estimate of drug-likeness (QED) is 0.683. The van der Waals surface area contributed by atoms with E-state index in [9.17, 15) is 4.79 Å². The average molecular weight is 231 g/mol. The van der Waals surface area contributed by atoms with Gasteiger partial charge >= 0.3 is 0 Å². The van der Waals surface area contributed by atoms with E-state index in [1.807, 2.05) is 11.8 Å². The normalized spacial score (nSPS) is 25.3. The zero-order chi connectivity index (χ0) is 10.8. The molecule has 0 aromatic carbocycles. The average Bonchev–Trinajstić information content (AvgIpc) is 3.11. The van der Waals surface area contributed by atoms with E-state index in [0.29, 0.717) is 0 Å². The number of hydrogen-bond donors (Lipinski definition) is 0.